The Balaban J connectivity index is 2.23. The number of nitriles is 1. The molecule has 0 aliphatic rings. The molecular formula is C20H14I2N2O3. The molecule has 0 aliphatic carbocycles. The molecule has 0 radical (unpaired) electrons. The predicted molar refractivity (Wildman–Crippen MR) is 121 cm³/mol. The molecule has 27 heavy (non-hydrogen) atoms. The molecule has 0 aromatic heterocycles. The van der Waals surface area contributed by atoms with Crippen molar-refractivity contribution in [1.82, 2.24) is 0 Å². The number of benzene rings is 2. The van der Waals surface area contributed by atoms with Crippen LogP contribution in [-0.4, -0.2) is 19.6 Å². The molecule has 0 heterocycles. The van der Waals surface area contributed by atoms with Gasteiger partial charge in [0.1, 0.15) is 29.7 Å². The Morgan fingerprint density at radius 1 is 1.26 bits per heavy atom. The van der Waals surface area contributed by atoms with E-state index in [-0.39, 0.29) is 12.2 Å². The summed E-state index contributed by atoms with van der Waals surface area (Å²) in [5.74, 6) is 3.31. The van der Waals surface area contributed by atoms with Crippen LogP contribution >= 0.6 is 45.2 Å². The number of carbonyl (C=O) groups excluding carboxylic acids is 1. The molecule has 0 saturated carbocycles. The molecule has 0 aliphatic heterocycles. The van der Waals surface area contributed by atoms with E-state index in [9.17, 15) is 10.1 Å². The highest BCUT2D eigenvalue weighted by atomic mass is 127. The van der Waals surface area contributed by atoms with E-state index in [1.165, 1.54) is 6.08 Å². The molecule has 0 fully saturated rings. The lowest BCUT2D eigenvalue weighted by atomic mass is 10.1. The average molecular weight is 584 g/mol. The molecule has 2 aromatic rings. The summed E-state index contributed by atoms with van der Waals surface area (Å²) >= 11 is 4.26. The van der Waals surface area contributed by atoms with Gasteiger partial charge in [-0.15, -0.1) is 6.42 Å². The van der Waals surface area contributed by atoms with Crippen molar-refractivity contribution in [1.29, 1.82) is 5.26 Å². The first kappa shape index (κ1) is 21.1. The summed E-state index contributed by atoms with van der Waals surface area (Å²) in [6.45, 7) is 0.175. The normalized spacial score (nSPS) is 10.5. The lowest BCUT2D eigenvalue weighted by Crippen LogP contribution is -2.13. The van der Waals surface area contributed by atoms with Gasteiger partial charge in [-0.1, -0.05) is 5.92 Å². The quantitative estimate of drug-likeness (QED) is 0.236. The van der Waals surface area contributed by atoms with E-state index >= 15 is 0 Å². The van der Waals surface area contributed by atoms with Crippen LogP contribution in [0.15, 0.2) is 42.0 Å². The van der Waals surface area contributed by atoms with E-state index in [1.807, 2.05) is 18.2 Å². The Bertz CT molecular complexity index is 932. The fourth-order valence-corrected chi connectivity index (χ4v) is 4.23. The number of halogens is 2. The zero-order valence-electron chi connectivity index (χ0n) is 14.3. The Hall–Kier alpha value is -2.24. The third-order valence-corrected chi connectivity index (χ3v) is 4.95. The standard InChI is InChI=1S/C20H14I2N2O3/c1-3-8-27-19-17(21)10-13(11-18(19)22)9-14(12-23)20(25)24-15-4-6-16(26-2)7-5-15/h1,4-7,9-11H,8H2,2H3,(H,24,25)/b14-9-. The minimum Gasteiger partial charge on any atom is -0.497 e. The number of rotatable bonds is 6. The molecule has 0 atom stereocenters. The number of anilines is 1. The molecule has 5 nitrogen and oxygen atoms in total. The molecule has 136 valence electrons. The second-order valence-electron chi connectivity index (χ2n) is 5.16. The third kappa shape index (κ3) is 5.88. The van der Waals surface area contributed by atoms with E-state index in [0.717, 1.165) is 12.7 Å². The van der Waals surface area contributed by atoms with Crippen molar-refractivity contribution in [2.24, 2.45) is 0 Å². The maximum Gasteiger partial charge on any atom is 0.266 e. The number of nitrogens with one attached hydrogen (secondary N) is 1. The van der Waals surface area contributed by atoms with Crippen LogP contribution in [0.25, 0.3) is 6.08 Å². The molecule has 1 N–H and O–H groups in total. The topological polar surface area (TPSA) is 71.3 Å². The minimum absolute atomic E-state index is 0.00490. The van der Waals surface area contributed by atoms with Gasteiger partial charge in [0.25, 0.3) is 5.91 Å². The number of hydrogen-bond donors (Lipinski definition) is 1. The maximum atomic E-state index is 12.4. The van der Waals surface area contributed by atoms with Crippen molar-refractivity contribution in [2.45, 2.75) is 0 Å². The lowest BCUT2D eigenvalue weighted by molar-refractivity contribution is -0.112. The van der Waals surface area contributed by atoms with Gasteiger partial charge < -0.3 is 14.8 Å². The van der Waals surface area contributed by atoms with E-state index in [0.29, 0.717) is 17.2 Å². The van der Waals surface area contributed by atoms with Gasteiger partial charge in [-0.25, -0.2) is 0 Å². The number of ether oxygens (including phenoxy) is 2. The van der Waals surface area contributed by atoms with Crippen molar-refractivity contribution in [2.75, 3.05) is 19.0 Å². The van der Waals surface area contributed by atoms with Gasteiger partial charge in [0, 0.05) is 5.69 Å². The molecule has 0 bridgehead atoms. The molecule has 2 aromatic carbocycles. The molecule has 2 rings (SSSR count). The zero-order valence-corrected chi connectivity index (χ0v) is 18.6. The van der Waals surface area contributed by atoms with Gasteiger partial charge in [0.2, 0.25) is 0 Å². The van der Waals surface area contributed by atoms with Crippen LogP contribution in [0.3, 0.4) is 0 Å². The van der Waals surface area contributed by atoms with E-state index in [1.54, 1.807) is 31.4 Å². The largest absolute Gasteiger partial charge is 0.497 e. The summed E-state index contributed by atoms with van der Waals surface area (Å²) in [5, 5.41) is 12.1. The van der Waals surface area contributed by atoms with Crippen molar-refractivity contribution in [3.05, 3.63) is 54.7 Å². The Labute approximate surface area is 185 Å². The number of carbonyl (C=O) groups is 1. The SMILES string of the molecule is C#CCOc1c(I)cc(/C=C(/C#N)C(=O)Nc2ccc(OC)cc2)cc1I. The second kappa shape index (κ2) is 10.2. The van der Waals surface area contributed by atoms with Gasteiger partial charge in [0.15, 0.2) is 0 Å². The summed E-state index contributed by atoms with van der Waals surface area (Å²) in [5.41, 5.74) is 1.29. The monoisotopic (exact) mass is 584 g/mol. The predicted octanol–water partition coefficient (Wildman–Crippen LogP) is 4.46. The van der Waals surface area contributed by atoms with Crippen molar-refractivity contribution in [3.8, 4) is 29.9 Å². The average Bonchev–Trinajstić information content (AvgIpc) is 2.66. The molecule has 0 saturated heterocycles. The highest BCUT2D eigenvalue weighted by Crippen LogP contribution is 2.30. The Morgan fingerprint density at radius 2 is 1.89 bits per heavy atom. The van der Waals surface area contributed by atoms with Gasteiger partial charge in [-0.3, -0.25) is 4.79 Å². The molecule has 0 unspecified atom stereocenters. The van der Waals surface area contributed by atoms with Crippen LogP contribution in [0.4, 0.5) is 5.69 Å². The van der Waals surface area contributed by atoms with Crippen LogP contribution in [0.2, 0.25) is 0 Å². The first-order valence-corrected chi connectivity index (χ1v) is 9.76. The van der Waals surface area contributed by atoms with E-state index in [2.05, 4.69) is 56.4 Å². The zero-order chi connectivity index (χ0) is 19.8. The van der Waals surface area contributed by atoms with Crippen LogP contribution in [0, 0.1) is 30.8 Å². The Kier molecular flexibility index (Phi) is 7.95. The van der Waals surface area contributed by atoms with Gasteiger partial charge in [-0.2, -0.15) is 5.26 Å². The smallest absolute Gasteiger partial charge is 0.266 e. The van der Waals surface area contributed by atoms with Crippen LogP contribution < -0.4 is 14.8 Å². The second-order valence-corrected chi connectivity index (χ2v) is 7.48. The Morgan fingerprint density at radius 3 is 2.41 bits per heavy atom. The number of methoxy groups -OCH3 is 1. The minimum atomic E-state index is -0.486. The number of hydrogen-bond acceptors (Lipinski definition) is 4. The number of terminal acetylenes is 1. The summed E-state index contributed by atoms with van der Waals surface area (Å²) in [4.78, 5) is 12.4. The van der Waals surface area contributed by atoms with Crippen molar-refractivity contribution >= 4 is 62.9 Å². The highest BCUT2D eigenvalue weighted by Gasteiger charge is 2.12. The fourth-order valence-electron chi connectivity index (χ4n) is 2.10. The third-order valence-electron chi connectivity index (χ3n) is 3.34. The molecular weight excluding hydrogens is 570 g/mol. The van der Waals surface area contributed by atoms with Gasteiger partial charge in [0.05, 0.1) is 14.3 Å². The van der Waals surface area contributed by atoms with Crippen molar-refractivity contribution in [3.63, 3.8) is 0 Å². The summed E-state index contributed by atoms with van der Waals surface area (Å²) in [6, 6.07) is 12.5. The maximum absolute atomic E-state index is 12.4. The number of nitrogens with zero attached hydrogens (tertiary/aromatic N) is 1. The van der Waals surface area contributed by atoms with Crippen molar-refractivity contribution < 1.29 is 14.3 Å². The summed E-state index contributed by atoms with van der Waals surface area (Å²) in [7, 11) is 1.57. The summed E-state index contributed by atoms with van der Waals surface area (Å²) in [6.07, 6.45) is 6.76. The molecule has 7 heteroatoms. The van der Waals surface area contributed by atoms with Crippen LogP contribution in [-0.2, 0) is 4.79 Å². The first-order chi connectivity index (χ1) is 13.0. The van der Waals surface area contributed by atoms with Gasteiger partial charge >= 0.3 is 0 Å². The molecule has 1 amide bonds. The van der Waals surface area contributed by atoms with Crippen LogP contribution in [0.1, 0.15) is 5.56 Å². The first-order valence-electron chi connectivity index (χ1n) is 7.61. The lowest BCUT2D eigenvalue weighted by Gasteiger charge is -2.09. The van der Waals surface area contributed by atoms with Gasteiger partial charge in [-0.05, 0) is 93.2 Å². The molecule has 0 spiro atoms. The fraction of sp³-hybridized carbons (Fsp3) is 0.100. The summed E-state index contributed by atoms with van der Waals surface area (Å²) < 4.78 is 12.3. The van der Waals surface area contributed by atoms with Crippen LogP contribution in [0.5, 0.6) is 11.5 Å². The van der Waals surface area contributed by atoms with E-state index < -0.39 is 5.91 Å². The van der Waals surface area contributed by atoms with E-state index in [4.69, 9.17) is 15.9 Å². The number of amides is 1. The highest BCUT2D eigenvalue weighted by molar-refractivity contribution is 14.1.